The van der Waals surface area contributed by atoms with Crippen LogP contribution in [0.25, 0.3) is 0 Å². The van der Waals surface area contributed by atoms with Crippen LogP contribution in [0.1, 0.15) is 23.9 Å². The normalized spacial score (nSPS) is 12.3. The van der Waals surface area contributed by atoms with Crippen molar-refractivity contribution >= 4 is 5.96 Å². The number of pyridine rings is 1. The van der Waals surface area contributed by atoms with Crippen LogP contribution in [0.5, 0.6) is 0 Å². The van der Waals surface area contributed by atoms with Gasteiger partial charge < -0.3 is 10.6 Å². The Morgan fingerprint density at radius 3 is 2.71 bits per heavy atom. The van der Waals surface area contributed by atoms with Crippen LogP contribution < -0.4 is 10.6 Å². The van der Waals surface area contributed by atoms with Gasteiger partial charge in [0.15, 0.2) is 11.7 Å². The maximum absolute atomic E-state index is 12.9. The van der Waals surface area contributed by atoms with Crippen molar-refractivity contribution in [3.05, 3.63) is 47.5 Å². The number of alkyl halides is 3. The van der Waals surface area contributed by atoms with Gasteiger partial charge in [-0.15, -0.1) is 0 Å². The molecule has 9 heteroatoms. The first-order chi connectivity index (χ1) is 11.4. The molecule has 2 rings (SSSR count). The first-order valence-electron chi connectivity index (χ1n) is 7.42. The second-order valence-electron chi connectivity index (χ2n) is 5.04. The van der Waals surface area contributed by atoms with Gasteiger partial charge in [-0.1, -0.05) is 6.07 Å². The minimum Gasteiger partial charge on any atom is -0.357 e. The first kappa shape index (κ1) is 17.8. The van der Waals surface area contributed by atoms with E-state index in [0.29, 0.717) is 19.0 Å². The maximum Gasteiger partial charge on any atom is 0.435 e. The van der Waals surface area contributed by atoms with E-state index in [-0.39, 0.29) is 12.1 Å². The number of nitrogens with zero attached hydrogens (tertiary/aromatic N) is 4. The zero-order valence-corrected chi connectivity index (χ0v) is 13.4. The molecule has 0 atom stereocenters. The summed E-state index contributed by atoms with van der Waals surface area (Å²) in [6, 6.07) is 5.52. The predicted octanol–water partition coefficient (Wildman–Crippen LogP) is 2.09. The van der Waals surface area contributed by atoms with E-state index in [9.17, 15) is 13.2 Å². The summed E-state index contributed by atoms with van der Waals surface area (Å²) in [5.41, 5.74) is -0.0742. The summed E-state index contributed by atoms with van der Waals surface area (Å²) in [5.74, 6) is 0.417. The van der Waals surface area contributed by atoms with Gasteiger partial charge in [0, 0.05) is 31.5 Å². The van der Waals surface area contributed by atoms with Crippen molar-refractivity contribution in [1.82, 2.24) is 25.4 Å². The molecule has 0 bridgehead atoms. The lowest BCUT2D eigenvalue weighted by atomic mass is 10.2. The highest BCUT2D eigenvalue weighted by atomic mass is 19.4. The highest BCUT2D eigenvalue weighted by Crippen LogP contribution is 2.30. The lowest BCUT2D eigenvalue weighted by Crippen LogP contribution is -2.37. The number of guanidine groups is 1. The molecule has 2 aromatic heterocycles. The van der Waals surface area contributed by atoms with Gasteiger partial charge in [0.1, 0.15) is 0 Å². The summed E-state index contributed by atoms with van der Waals surface area (Å²) in [6.45, 7) is 2.77. The average molecular weight is 340 g/mol. The fourth-order valence-corrected chi connectivity index (χ4v) is 2.07. The molecule has 0 aromatic carbocycles. The van der Waals surface area contributed by atoms with Crippen molar-refractivity contribution in [2.45, 2.75) is 26.2 Å². The molecule has 0 saturated heterocycles. The number of halogens is 3. The third kappa shape index (κ3) is 4.97. The molecule has 0 unspecified atom stereocenters. The monoisotopic (exact) mass is 340 g/mol. The Balaban J connectivity index is 2.08. The van der Waals surface area contributed by atoms with E-state index >= 15 is 0 Å². The highest BCUT2D eigenvalue weighted by molar-refractivity contribution is 5.79. The summed E-state index contributed by atoms with van der Waals surface area (Å²) < 4.78 is 40.0. The summed E-state index contributed by atoms with van der Waals surface area (Å²) in [5, 5.41) is 9.50. The van der Waals surface area contributed by atoms with Gasteiger partial charge in [-0.05, 0) is 19.1 Å². The van der Waals surface area contributed by atoms with E-state index in [4.69, 9.17) is 0 Å². The molecule has 0 radical (unpaired) electrons. The fourth-order valence-electron chi connectivity index (χ4n) is 2.07. The largest absolute Gasteiger partial charge is 0.435 e. The lowest BCUT2D eigenvalue weighted by molar-refractivity contribution is -0.142. The summed E-state index contributed by atoms with van der Waals surface area (Å²) in [6.07, 6.45) is -1.49. The summed E-state index contributed by atoms with van der Waals surface area (Å²) in [4.78, 5) is 8.37. The fraction of sp³-hybridized carbons (Fsp3) is 0.400. The number of rotatable bonds is 5. The van der Waals surface area contributed by atoms with Gasteiger partial charge in [0.25, 0.3) is 0 Å². The average Bonchev–Trinajstić information content (AvgIpc) is 2.92. The molecule has 0 saturated carbocycles. The lowest BCUT2D eigenvalue weighted by Gasteiger charge is -2.11. The van der Waals surface area contributed by atoms with Crippen molar-refractivity contribution in [3.63, 3.8) is 0 Å². The van der Waals surface area contributed by atoms with Crippen molar-refractivity contribution in [3.8, 4) is 0 Å². The minimum absolute atomic E-state index is 0.0278. The zero-order valence-electron chi connectivity index (χ0n) is 13.4. The third-order valence-corrected chi connectivity index (χ3v) is 3.09. The molecule has 0 amide bonds. The van der Waals surface area contributed by atoms with E-state index in [1.807, 2.05) is 25.1 Å². The molecule has 0 fully saturated rings. The van der Waals surface area contributed by atoms with Gasteiger partial charge in [0.05, 0.1) is 18.8 Å². The van der Waals surface area contributed by atoms with Crippen LogP contribution in [0.4, 0.5) is 13.2 Å². The SMILES string of the molecule is CCNC(=NCc1cn(C)nc1C(F)(F)F)NCc1ccccn1. The molecule has 6 nitrogen and oxygen atoms in total. The molecule has 2 aromatic rings. The van der Waals surface area contributed by atoms with Crippen LogP contribution in [0.15, 0.2) is 35.6 Å². The smallest absolute Gasteiger partial charge is 0.357 e. The van der Waals surface area contributed by atoms with Gasteiger partial charge in [0.2, 0.25) is 0 Å². The topological polar surface area (TPSA) is 67.1 Å². The number of aliphatic imine (C=N–C) groups is 1. The quantitative estimate of drug-likeness (QED) is 0.646. The van der Waals surface area contributed by atoms with Crippen molar-refractivity contribution in [1.29, 1.82) is 0 Å². The standard InChI is InChI=1S/C15H19F3N6/c1-3-19-14(22-9-12-6-4-5-7-20-12)21-8-11-10-24(2)23-13(11)15(16,17)18/h4-7,10H,3,8-9H2,1-2H3,(H2,19,21,22). The van der Waals surface area contributed by atoms with Crippen LogP contribution in [0, 0.1) is 0 Å². The molecular formula is C15H19F3N6. The second kappa shape index (κ2) is 7.80. The van der Waals surface area contributed by atoms with Crippen molar-refractivity contribution < 1.29 is 13.2 Å². The summed E-state index contributed by atoms with van der Waals surface area (Å²) in [7, 11) is 1.45. The maximum atomic E-state index is 12.9. The van der Waals surface area contributed by atoms with E-state index < -0.39 is 11.9 Å². The number of hydrogen-bond acceptors (Lipinski definition) is 3. The second-order valence-corrected chi connectivity index (χ2v) is 5.04. The van der Waals surface area contributed by atoms with E-state index in [2.05, 4.69) is 25.7 Å². The Kier molecular flexibility index (Phi) is 5.78. The van der Waals surface area contributed by atoms with Gasteiger partial charge >= 0.3 is 6.18 Å². The zero-order chi connectivity index (χ0) is 17.6. The Bertz CT molecular complexity index is 678. The minimum atomic E-state index is -4.49. The molecule has 2 N–H and O–H groups in total. The van der Waals surface area contributed by atoms with Crippen LogP contribution in [-0.4, -0.2) is 27.3 Å². The molecular weight excluding hydrogens is 321 g/mol. The molecule has 0 spiro atoms. The summed E-state index contributed by atoms with van der Waals surface area (Å²) >= 11 is 0. The van der Waals surface area contributed by atoms with E-state index in [1.54, 1.807) is 6.20 Å². The van der Waals surface area contributed by atoms with Crippen molar-refractivity contribution in [2.24, 2.45) is 12.0 Å². The Hall–Kier alpha value is -2.58. The molecule has 24 heavy (non-hydrogen) atoms. The molecule has 0 aliphatic carbocycles. The molecule has 130 valence electrons. The van der Waals surface area contributed by atoms with Gasteiger partial charge in [-0.3, -0.25) is 9.67 Å². The van der Waals surface area contributed by atoms with Crippen molar-refractivity contribution in [2.75, 3.05) is 6.54 Å². The van der Waals surface area contributed by atoms with Gasteiger partial charge in [-0.25, -0.2) is 4.99 Å². The van der Waals surface area contributed by atoms with Crippen LogP contribution >= 0.6 is 0 Å². The van der Waals surface area contributed by atoms with Gasteiger partial charge in [-0.2, -0.15) is 18.3 Å². The number of aryl methyl sites for hydroxylation is 1. The molecule has 0 aliphatic heterocycles. The number of aromatic nitrogens is 3. The Morgan fingerprint density at radius 2 is 2.08 bits per heavy atom. The van der Waals surface area contributed by atoms with Crippen LogP contribution in [0.3, 0.4) is 0 Å². The van der Waals surface area contributed by atoms with Crippen LogP contribution in [-0.2, 0) is 26.3 Å². The van der Waals surface area contributed by atoms with Crippen LogP contribution in [0.2, 0.25) is 0 Å². The number of hydrogen-bond donors (Lipinski definition) is 2. The highest BCUT2D eigenvalue weighted by Gasteiger charge is 2.36. The Morgan fingerprint density at radius 1 is 1.29 bits per heavy atom. The predicted molar refractivity (Wildman–Crippen MR) is 84.1 cm³/mol. The molecule has 2 heterocycles. The van der Waals surface area contributed by atoms with E-state index in [1.165, 1.54) is 13.2 Å². The molecule has 0 aliphatic rings. The van der Waals surface area contributed by atoms with E-state index in [0.717, 1.165) is 10.4 Å². The number of nitrogens with one attached hydrogen (secondary N) is 2. The Labute approximate surface area is 137 Å². The first-order valence-corrected chi connectivity index (χ1v) is 7.42. The third-order valence-electron chi connectivity index (χ3n) is 3.09.